The lowest BCUT2D eigenvalue weighted by molar-refractivity contribution is 0.462. The average Bonchev–Trinajstić information content (AvgIpc) is 2.67. The molecular formula is C12H14FN3O. The van der Waals surface area contributed by atoms with Gasteiger partial charge in [0.1, 0.15) is 17.4 Å². The number of phenols is 1. The lowest BCUT2D eigenvalue weighted by atomic mass is 10.1. The van der Waals surface area contributed by atoms with Crippen LogP contribution in [0.4, 0.5) is 10.2 Å². The van der Waals surface area contributed by atoms with Crippen molar-refractivity contribution in [2.24, 2.45) is 7.05 Å². The molecule has 1 aromatic heterocycles. The first-order chi connectivity index (χ1) is 8.06. The maximum Gasteiger partial charge on any atom is 0.148 e. The third kappa shape index (κ3) is 2.55. The first-order valence-corrected chi connectivity index (χ1v) is 5.31. The first kappa shape index (κ1) is 11.4. The van der Waals surface area contributed by atoms with E-state index in [2.05, 4.69) is 10.4 Å². The zero-order valence-electron chi connectivity index (χ0n) is 9.68. The minimum absolute atomic E-state index is 0.0716. The minimum atomic E-state index is -0.368. The molecule has 0 aliphatic heterocycles. The zero-order valence-corrected chi connectivity index (χ0v) is 9.68. The van der Waals surface area contributed by atoms with Crippen LogP contribution in [-0.2, 0) is 7.05 Å². The Bertz CT molecular complexity index is 524. The number of hydrogen-bond donors (Lipinski definition) is 2. The molecule has 0 saturated heterocycles. The molecule has 5 heteroatoms. The van der Waals surface area contributed by atoms with Crippen molar-refractivity contribution in [2.45, 2.75) is 13.0 Å². The molecule has 1 unspecified atom stereocenters. The highest BCUT2D eigenvalue weighted by Crippen LogP contribution is 2.26. The summed E-state index contributed by atoms with van der Waals surface area (Å²) in [5, 5.41) is 16.9. The van der Waals surface area contributed by atoms with E-state index in [0.717, 1.165) is 0 Å². The summed E-state index contributed by atoms with van der Waals surface area (Å²) in [6.07, 6.45) is 1.81. The monoisotopic (exact) mass is 235 g/mol. The molecule has 0 aliphatic rings. The maximum atomic E-state index is 13.1. The zero-order chi connectivity index (χ0) is 12.4. The van der Waals surface area contributed by atoms with E-state index in [-0.39, 0.29) is 17.6 Å². The number of rotatable bonds is 3. The van der Waals surface area contributed by atoms with Crippen LogP contribution >= 0.6 is 0 Å². The topological polar surface area (TPSA) is 50.1 Å². The molecule has 0 spiro atoms. The minimum Gasteiger partial charge on any atom is -0.508 e. The van der Waals surface area contributed by atoms with E-state index in [1.54, 1.807) is 10.9 Å². The molecule has 0 bridgehead atoms. The maximum absolute atomic E-state index is 13.1. The van der Waals surface area contributed by atoms with Gasteiger partial charge in [0.05, 0.1) is 6.04 Å². The summed E-state index contributed by atoms with van der Waals surface area (Å²) in [6, 6.07) is 5.48. The third-order valence-electron chi connectivity index (χ3n) is 2.53. The van der Waals surface area contributed by atoms with Gasteiger partial charge in [0.25, 0.3) is 0 Å². The Balaban J connectivity index is 2.19. The number of aryl methyl sites for hydroxylation is 1. The Kier molecular flexibility index (Phi) is 2.99. The van der Waals surface area contributed by atoms with Crippen molar-refractivity contribution in [1.82, 2.24) is 9.78 Å². The van der Waals surface area contributed by atoms with E-state index in [9.17, 15) is 9.50 Å². The molecule has 4 nitrogen and oxygen atoms in total. The molecule has 2 aromatic rings. The number of nitrogens with zero attached hydrogens (tertiary/aromatic N) is 2. The molecule has 2 rings (SSSR count). The summed E-state index contributed by atoms with van der Waals surface area (Å²) in [5.41, 5.74) is 0.510. The van der Waals surface area contributed by atoms with E-state index in [1.165, 1.54) is 18.2 Å². The molecule has 0 amide bonds. The molecular weight excluding hydrogens is 221 g/mol. The van der Waals surface area contributed by atoms with E-state index < -0.39 is 0 Å². The fraction of sp³-hybridized carbons (Fsp3) is 0.250. The van der Waals surface area contributed by atoms with Gasteiger partial charge < -0.3 is 10.4 Å². The second-order valence-electron chi connectivity index (χ2n) is 3.94. The number of nitrogens with one attached hydrogen (secondary N) is 1. The van der Waals surface area contributed by atoms with Crippen LogP contribution in [0.2, 0.25) is 0 Å². The summed E-state index contributed by atoms with van der Waals surface area (Å²) >= 11 is 0. The van der Waals surface area contributed by atoms with Crippen molar-refractivity contribution in [2.75, 3.05) is 5.32 Å². The van der Waals surface area contributed by atoms with Crippen LogP contribution in [0.5, 0.6) is 5.75 Å². The second-order valence-corrected chi connectivity index (χ2v) is 3.94. The van der Waals surface area contributed by atoms with E-state index in [4.69, 9.17) is 0 Å². The SMILES string of the molecule is CC(Nc1ccn(C)n1)c1cc(F)ccc1O. The Labute approximate surface area is 98.7 Å². The molecule has 0 saturated carbocycles. The summed E-state index contributed by atoms with van der Waals surface area (Å²) in [4.78, 5) is 0. The first-order valence-electron chi connectivity index (χ1n) is 5.31. The molecule has 2 N–H and O–H groups in total. The smallest absolute Gasteiger partial charge is 0.148 e. The van der Waals surface area contributed by atoms with Gasteiger partial charge in [-0.3, -0.25) is 4.68 Å². The lowest BCUT2D eigenvalue weighted by Gasteiger charge is -2.15. The summed E-state index contributed by atoms with van der Waals surface area (Å²) in [5.74, 6) is 0.387. The van der Waals surface area contributed by atoms with Gasteiger partial charge >= 0.3 is 0 Å². The van der Waals surface area contributed by atoms with Gasteiger partial charge in [-0.1, -0.05) is 0 Å². The highest BCUT2D eigenvalue weighted by molar-refractivity contribution is 5.42. The highest BCUT2D eigenvalue weighted by Gasteiger charge is 2.12. The number of halogens is 1. The molecule has 1 heterocycles. The van der Waals surface area contributed by atoms with E-state index >= 15 is 0 Å². The Hall–Kier alpha value is -2.04. The molecule has 0 radical (unpaired) electrons. The number of anilines is 1. The van der Waals surface area contributed by atoms with Gasteiger partial charge in [0.15, 0.2) is 0 Å². The van der Waals surface area contributed by atoms with Crippen molar-refractivity contribution in [3.63, 3.8) is 0 Å². The van der Waals surface area contributed by atoms with Crippen LogP contribution in [0.3, 0.4) is 0 Å². The molecule has 0 fully saturated rings. The van der Waals surface area contributed by atoms with Gasteiger partial charge in [0.2, 0.25) is 0 Å². The fourth-order valence-corrected chi connectivity index (χ4v) is 1.66. The summed E-state index contributed by atoms with van der Waals surface area (Å²) < 4.78 is 14.8. The molecule has 90 valence electrons. The van der Waals surface area contributed by atoms with Gasteiger partial charge in [-0.05, 0) is 25.1 Å². The lowest BCUT2D eigenvalue weighted by Crippen LogP contribution is -2.08. The van der Waals surface area contributed by atoms with Gasteiger partial charge in [-0.25, -0.2) is 4.39 Å². The average molecular weight is 235 g/mol. The normalized spacial score (nSPS) is 12.4. The van der Waals surface area contributed by atoms with Crippen molar-refractivity contribution in [1.29, 1.82) is 0 Å². The Morgan fingerprint density at radius 2 is 2.18 bits per heavy atom. The Morgan fingerprint density at radius 3 is 2.82 bits per heavy atom. The summed E-state index contributed by atoms with van der Waals surface area (Å²) in [7, 11) is 1.81. The van der Waals surface area contributed by atoms with Crippen molar-refractivity contribution in [3.05, 3.63) is 41.8 Å². The largest absolute Gasteiger partial charge is 0.508 e. The van der Waals surface area contributed by atoms with Crippen molar-refractivity contribution in [3.8, 4) is 5.75 Å². The highest BCUT2D eigenvalue weighted by atomic mass is 19.1. The molecule has 0 aliphatic carbocycles. The molecule has 1 aromatic carbocycles. The summed E-state index contributed by atoms with van der Waals surface area (Å²) in [6.45, 7) is 1.84. The number of aromatic nitrogens is 2. The van der Waals surface area contributed by atoms with Crippen LogP contribution < -0.4 is 5.32 Å². The van der Waals surface area contributed by atoms with E-state index in [0.29, 0.717) is 11.4 Å². The van der Waals surface area contributed by atoms with Crippen LogP contribution in [0.1, 0.15) is 18.5 Å². The van der Waals surface area contributed by atoms with Gasteiger partial charge in [-0.2, -0.15) is 5.10 Å². The second kappa shape index (κ2) is 4.45. The number of aromatic hydroxyl groups is 1. The van der Waals surface area contributed by atoms with Crippen LogP contribution in [0.25, 0.3) is 0 Å². The fourth-order valence-electron chi connectivity index (χ4n) is 1.66. The quantitative estimate of drug-likeness (QED) is 0.859. The van der Waals surface area contributed by atoms with Gasteiger partial charge in [-0.15, -0.1) is 0 Å². The van der Waals surface area contributed by atoms with Crippen molar-refractivity contribution < 1.29 is 9.50 Å². The standard InChI is InChI=1S/C12H14FN3O/c1-8(14-12-5-6-16(2)15-12)10-7-9(13)3-4-11(10)17/h3-8,17H,1-2H3,(H,14,15). The predicted octanol–water partition coefficient (Wildman–Crippen LogP) is 2.44. The predicted molar refractivity (Wildman–Crippen MR) is 63.3 cm³/mol. The van der Waals surface area contributed by atoms with Crippen molar-refractivity contribution >= 4 is 5.82 Å². The van der Waals surface area contributed by atoms with Crippen LogP contribution in [0, 0.1) is 5.82 Å². The molecule has 1 atom stereocenters. The van der Waals surface area contributed by atoms with Crippen LogP contribution in [0.15, 0.2) is 30.5 Å². The third-order valence-corrected chi connectivity index (χ3v) is 2.53. The van der Waals surface area contributed by atoms with E-state index in [1.807, 2.05) is 20.0 Å². The molecule has 17 heavy (non-hydrogen) atoms. The van der Waals surface area contributed by atoms with Gasteiger partial charge in [0, 0.05) is 24.9 Å². The Morgan fingerprint density at radius 1 is 1.41 bits per heavy atom. The number of phenolic OH excluding ortho intramolecular Hbond substituents is 1. The number of benzene rings is 1. The van der Waals surface area contributed by atoms with Crippen LogP contribution in [-0.4, -0.2) is 14.9 Å². The number of hydrogen-bond acceptors (Lipinski definition) is 3.